The van der Waals surface area contributed by atoms with Crippen molar-refractivity contribution in [2.45, 2.75) is 19.9 Å². The van der Waals surface area contributed by atoms with Crippen LogP contribution < -0.4 is 10.1 Å². The summed E-state index contributed by atoms with van der Waals surface area (Å²) in [5.41, 5.74) is 0.862. The Labute approximate surface area is 158 Å². The van der Waals surface area contributed by atoms with Gasteiger partial charge in [0.25, 0.3) is 0 Å². The fourth-order valence-corrected chi connectivity index (χ4v) is 3.34. The van der Waals surface area contributed by atoms with Gasteiger partial charge in [0.05, 0.1) is 20.3 Å². The Hall–Kier alpha value is -1.37. The number of rotatable bonds is 7. The summed E-state index contributed by atoms with van der Waals surface area (Å²) in [5, 5.41) is 3.02. The van der Waals surface area contributed by atoms with Crippen molar-refractivity contribution >= 4 is 27.9 Å². The van der Waals surface area contributed by atoms with Crippen molar-refractivity contribution in [3.8, 4) is 5.75 Å². The molecule has 1 saturated heterocycles. The Kier molecular flexibility index (Phi) is 7.93. The van der Waals surface area contributed by atoms with Gasteiger partial charge in [-0.05, 0) is 30.2 Å². The van der Waals surface area contributed by atoms with Crippen molar-refractivity contribution in [2.24, 2.45) is 5.92 Å². The second kappa shape index (κ2) is 9.94. The highest BCUT2D eigenvalue weighted by atomic mass is 79.9. The largest absolute Gasteiger partial charge is 0.496 e. The van der Waals surface area contributed by atoms with Crippen LogP contribution in [0.1, 0.15) is 19.4 Å². The minimum Gasteiger partial charge on any atom is -0.496 e. The first kappa shape index (κ1) is 19.9. The number of carbonyl (C=O) groups excluding carboxylic acids is 1. The van der Waals surface area contributed by atoms with Gasteiger partial charge in [-0.2, -0.15) is 0 Å². The van der Waals surface area contributed by atoms with Gasteiger partial charge >= 0.3 is 0 Å². The van der Waals surface area contributed by atoms with Crippen molar-refractivity contribution < 1.29 is 14.3 Å². The third-order valence-corrected chi connectivity index (χ3v) is 4.87. The number of halogens is 1. The number of nitrogens with one attached hydrogen (secondary N) is 1. The number of ether oxygens (including phenoxy) is 2. The SMILES string of the molecule is COc1ccc(Br)cc1/C=C/C(=O)NCC(C(C)C)N1CCOCC1. The quantitative estimate of drug-likeness (QED) is 0.702. The van der Waals surface area contributed by atoms with Crippen molar-refractivity contribution in [1.82, 2.24) is 10.2 Å². The molecule has 1 fully saturated rings. The Morgan fingerprint density at radius 1 is 1.40 bits per heavy atom. The predicted molar refractivity (Wildman–Crippen MR) is 104 cm³/mol. The van der Waals surface area contributed by atoms with Gasteiger partial charge in [0.1, 0.15) is 5.75 Å². The van der Waals surface area contributed by atoms with Crippen molar-refractivity contribution in [3.05, 3.63) is 34.3 Å². The van der Waals surface area contributed by atoms with Crippen LogP contribution in [0.2, 0.25) is 0 Å². The maximum atomic E-state index is 12.2. The highest BCUT2D eigenvalue weighted by Crippen LogP contribution is 2.24. The predicted octanol–water partition coefficient (Wildman–Crippen LogP) is 2.94. The van der Waals surface area contributed by atoms with E-state index in [1.54, 1.807) is 19.3 Å². The zero-order valence-electron chi connectivity index (χ0n) is 15.1. The Bertz CT molecular complexity index is 598. The van der Waals surface area contributed by atoms with Crippen LogP contribution in [0.5, 0.6) is 5.75 Å². The van der Waals surface area contributed by atoms with Crippen LogP contribution in [0.15, 0.2) is 28.7 Å². The van der Waals surface area contributed by atoms with E-state index in [1.165, 1.54) is 0 Å². The number of hydrogen-bond acceptors (Lipinski definition) is 4. The number of carbonyl (C=O) groups is 1. The molecule has 0 saturated carbocycles. The summed E-state index contributed by atoms with van der Waals surface area (Å²) in [6.07, 6.45) is 3.33. The van der Waals surface area contributed by atoms with Gasteiger partial charge in [0.15, 0.2) is 0 Å². The number of amides is 1. The maximum absolute atomic E-state index is 12.2. The molecule has 0 aliphatic carbocycles. The second-order valence-corrected chi connectivity index (χ2v) is 7.34. The topological polar surface area (TPSA) is 50.8 Å². The van der Waals surface area contributed by atoms with E-state index in [4.69, 9.17) is 9.47 Å². The third-order valence-electron chi connectivity index (χ3n) is 4.38. The lowest BCUT2D eigenvalue weighted by Gasteiger charge is -2.36. The van der Waals surface area contributed by atoms with E-state index in [-0.39, 0.29) is 5.91 Å². The van der Waals surface area contributed by atoms with Gasteiger partial charge < -0.3 is 14.8 Å². The second-order valence-electron chi connectivity index (χ2n) is 6.42. The molecular weight excluding hydrogens is 384 g/mol. The molecule has 0 aromatic heterocycles. The molecule has 0 bridgehead atoms. The molecule has 138 valence electrons. The fourth-order valence-electron chi connectivity index (χ4n) is 2.96. The molecule has 1 aliphatic rings. The summed E-state index contributed by atoms with van der Waals surface area (Å²) in [6.45, 7) is 8.38. The van der Waals surface area contributed by atoms with E-state index in [2.05, 4.69) is 40.0 Å². The molecule has 1 atom stereocenters. The van der Waals surface area contributed by atoms with Crippen molar-refractivity contribution in [3.63, 3.8) is 0 Å². The van der Waals surface area contributed by atoms with Crippen molar-refractivity contribution in [2.75, 3.05) is 40.0 Å². The Morgan fingerprint density at radius 2 is 2.12 bits per heavy atom. The number of hydrogen-bond donors (Lipinski definition) is 1. The first-order valence-electron chi connectivity index (χ1n) is 8.62. The summed E-state index contributed by atoms with van der Waals surface area (Å²) < 4.78 is 11.7. The van der Waals surface area contributed by atoms with Crippen LogP contribution in [-0.2, 0) is 9.53 Å². The van der Waals surface area contributed by atoms with Gasteiger partial charge in [0.2, 0.25) is 5.91 Å². The summed E-state index contributed by atoms with van der Waals surface area (Å²) in [6, 6.07) is 6.02. The molecular formula is C19H27BrN2O3. The average Bonchev–Trinajstić information content (AvgIpc) is 2.61. The van der Waals surface area contributed by atoms with E-state index >= 15 is 0 Å². The van der Waals surface area contributed by atoms with Crippen LogP contribution in [0.25, 0.3) is 6.08 Å². The molecule has 2 rings (SSSR count). The van der Waals surface area contributed by atoms with Gasteiger partial charge in [-0.1, -0.05) is 29.8 Å². The molecule has 0 radical (unpaired) electrons. The summed E-state index contributed by atoms with van der Waals surface area (Å²) >= 11 is 3.44. The van der Waals surface area contributed by atoms with Crippen LogP contribution in [-0.4, -0.2) is 56.8 Å². The molecule has 1 heterocycles. The van der Waals surface area contributed by atoms with E-state index in [9.17, 15) is 4.79 Å². The number of nitrogens with zero attached hydrogens (tertiary/aromatic N) is 1. The van der Waals surface area contributed by atoms with Gasteiger partial charge in [-0.25, -0.2) is 0 Å². The van der Waals surface area contributed by atoms with Gasteiger partial charge in [-0.3, -0.25) is 9.69 Å². The summed E-state index contributed by atoms with van der Waals surface area (Å²) in [4.78, 5) is 14.6. The molecule has 5 nitrogen and oxygen atoms in total. The lowest BCUT2D eigenvalue weighted by atomic mass is 10.0. The van der Waals surface area contributed by atoms with E-state index in [0.717, 1.165) is 42.1 Å². The third kappa shape index (κ3) is 6.13. The summed E-state index contributed by atoms with van der Waals surface area (Å²) in [7, 11) is 1.62. The first-order chi connectivity index (χ1) is 12.0. The number of methoxy groups -OCH3 is 1. The standard InChI is InChI=1S/C19H27BrN2O3/c1-14(2)17(22-8-10-25-11-9-22)13-21-19(23)7-4-15-12-16(20)5-6-18(15)24-3/h4-7,12,14,17H,8-11,13H2,1-3H3,(H,21,23)/b7-4+. The molecule has 1 amide bonds. The number of morpholine rings is 1. The molecule has 6 heteroatoms. The molecule has 1 aliphatic heterocycles. The minimum atomic E-state index is -0.0964. The molecule has 1 aromatic rings. The molecule has 1 unspecified atom stereocenters. The fraction of sp³-hybridized carbons (Fsp3) is 0.526. The molecule has 0 spiro atoms. The first-order valence-corrected chi connectivity index (χ1v) is 9.42. The average molecular weight is 411 g/mol. The zero-order valence-corrected chi connectivity index (χ0v) is 16.7. The molecule has 1 N–H and O–H groups in total. The summed E-state index contributed by atoms with van der Waals surface area (Å²) in [5.74, 6) is 1.11. The van der Waals surface area contributed by atoms with E-state index in [0.29, 0.717) is 18.5 Å². The van der Waals surface area contributed by atoms with Crippen LogP contribution in [0, 0.1) is 5.92 Å². The van der Waals surface area contributed by atoms with E-state index in [1.807, 2.05) is 18.2 Å². The highest BCUT2D eigenvalue weighted by Gasteiger charge is 2.23. The molecule has 25 heavy (non-hydrogen) atoms. The van der Waals surface area contributed by atoms with Gasteiger partial charge in [0, 0.05) is 41.8 Å². The Balaban J connectivity index is 1.93. The number of benzene rings is 1. The van der Waals surface area contributed by atoms with Crippen LogP contribution in [0.4, 0.5) is 0 Å². The van der Waals surface area contributed by atoms with Crippen LogP contribution >= 0.6 is 15.9 Å². The molecule has 1 aromatic carbocycles. The maximum Gasteiger partial charge on any atom is 0.244 e. The van der Waals surface area contributed by atoms with Crippen LogP contribution in [0.3, 0.4) is 0 Å². The monoisotopic (exact) mass is 410 g/mol. The normalized spacial score (nSPS) is 17.0. The smallest absolute Gasteiger partial charge is 0.244 e. The highest BCUT2D eigenvalue weighted by molar-refractivity contribution is 9.10. The minimum absolute atomic E-state index is 0.0964. The lowest BCUT2D eigenvalue weighted by Crippen LogP contribution is -2.51. The van der Waals surface area contributed by atoms with Crippen molar-refractivity contribution in [1.29, 1.82) is 0 Å². The lowest BCUT2D eigenvalue weighted by molar-refractivity contribution is -0.116. The zero-order chi connectivity index (χ0) is 18.2. The van der Waals surface area contributed by atoms with E-state index < -0.39 is 0 Å². The van der Waals surface area contributed by atoms with Gasteiger partial charge in [-0.15, -0.1) is 0 Å². The Morgan fingerprint density at radius 3 is 2.76 bits per heavy atom.